The third kappa shape index (κ3) is 3.18. The minimum absolute atomic E-state index is 0.0470. The molecule has 4 aromatic rings. The van der Waals surface area contributed by atoms with Crippen molar-refractivity contribution in [2.45, 2.75) is 13.1 Å². The summed E-state index contributed by atoms with van der Waals surface area (Å²) in [6.45, 7) is 1.40. The van der Waals surface area contributed by atoms with Gasteiger partial charge < -0.3 is 9.97 Å². The molecular weight excluding hydrogens is 393 g/mol. The van der Waals surface area contributed by atoms with Crippen LogP contribution in [-0.4, -0.2) is 20.7 Å². The number of hydrogen-bond acceptors (Lipinski definition) is 2. The van der Waals surface area contributed by atoms with Crippen molar-refractivity contribution in [1.29, 1.82) is 0 Å². The van der Waals surface area contributed by atoms with Crippen molar-refractivity contribution in [2.75, 3.05) is 0 Å². The van der Waals surface area contributed by atoms with Crippen molar-refractivity contribution in [1.82, 2.24) is 15.0 Å². The molecule has 2 aromatic heterocycles. The van der Waals surface area contributed by atoms with Crippen LogP contribution in [0.3, 0.4) is 0 Å². The number of halogens is 5. The second-order valence-corrected chi connectivity index (χ2v) is 6.47. The van der Waals surface area contributed by atoms with E-state index in [4.69, 9.17) is 0 Å². The van der Waals surface area contributed by atoms with Gasteiger partial charge >= 0.3 is 6.18 Å². The van der Waals surface area contributed by atoms with Crippen LogP contribution in [0.4, 0.5) is 22.0 Å². The number of nitrogens with zero attached hydrogens (tertiary/aromatic N) is 1. The van der Waals surface area contributed by atoms with E-state index in [2.05, 4.69) is 15.0 Å². The van der Waals surface area contributed by atoms with Crippen molar-refractivity contribution in [3.63, 3.8) is 0 Å². The predicted octanol–water partition coefficient (Wildman–Crippen LogP) is 5.39. The number of aromatic amines is 2. The maximum Gasteiger partial charge on any atom is 0.417 e. The van der Waals surface area contributed by atoms with Crippen molar-refractivity contribution in [3.8, 4) is 11.5 Å². The zero-order valence-electron chi connectivity index (χ0n) is 14.8. The lowest BCUT2D eigenvalue weighted by Crippen LogP contribution is -2.13. The first-order valence-corrected chi connectivity index (χ1v) is 8.41. The van der Waals surface area contributed by atoms with Gasteiger partial charge in [-0.2, -0.15) is 13.2 Å². The quantitative estimate of drug-likeness (QED) is 0.354. The molecule has 2 heterocycles. The van der Waals surface area contributed by atoms with Crippen LogP contribution in [-0.2, 0) is 6.18 Å². The van der Waals surface area contributed by atoms with Gasteiger partial charge in [-0.05, 0) is 30.7 Å². The second kappa shape index (κ2) is 6.54. The van der Waals surface area contributed by atoms with Crippen LogP contribution < -0.4 is 0 Å². The highest BCUT2D eigenvalue weighted by Gasteiger charge is 2.35. The fourth-order valence-corrected chi connectivity index (χ4v) is 3.10. The lowest BCUT2D eigenvalue weighted by atomic mass is 9.99. The van der Waals surface area contributed by atoms with E-state index in [1.54, 1.807) is 0 Å². The predicted molar refractivity (Wildman–Crippen MR) is 95.4 cm³/mol. The molecule has 2 N–H and O–H groups in total. The topological polar surface area (TPSA) is 61.5 Å². The summed E-state index contributed by atoms with van der Waals surface area (Å²) < 4.78 is 67.8. The Morgan fingerprint density at radius 3 is 2.55 bits per heavy atom. The molecule has 0 atom stereocenters. The summed E-state index contributed by atoms with van der Waals surface area (Å²) in [7, 11) is 0. The van der Waals surface area contributed by atoms with Crippen LogP contribution in [0.15, 0.2) is 42.6 Å². The molecule has 0 saturated heterocycles. The molecule has 0 aliphatic rings. The molecule has 0 amide bonds. The number of aromatic nitrogens is 3. The number of fused-ring (bicyclic) bond motifs is 1. The average Bonchev–Trinajstić information content (AvgIpc) is 3.32. The summed E-state index contributed by atoms with van der Waals surface area (Å²) in [4.78, 5) is 22.0. The first-order valence-electron chi connectivity index (χ1n) is 8.41. The molecule has 0 bridgehead atoms. The molecule has 4 rings (SSSR count). The van der Waals surface area contributed by atoms with Gasteiger partial charge in [0.2, 0.25) is 0 Å². The number of H-pyrrole nitrogens is 2. The van der Waals surface area contributed by atoms with E-state index >= 15 is 0 Å². The van der Waals surface area contributed by atoms with E-state index in [0.717, 1.165) is 18.2 Å². The van der Waals surface area contributed by atoms with Crippen LogP contribution in [0.25, 0.3) is 22.6 Å². The monoisotopic (exact) mass is 405 g/mol. The highest BCUT2D eigenvalue weighted by atomic mass is 19.4. The van der Waals surface area contributed by atoms with Gasteiger partial charge in [0.25, 0.3) is 0 Å². The molecule has 0 saturated carbocycles. The molecule has 0 fully saturated rings. The summed E-state index contributed by atoms with van der Waals surface area (Å²) in [5, 5.41) is 0. The maximum absolute atomic E-state index is 14.2. The third-order valence-electron chi connectivity index (χ3n) is 4.52. The number of imidazole rings is 1. The Morgan fingerprint density at radius 1 is 1.10 bits per heavy atom. The van der Waals surface area contributed by atoms with Crippen LogP contribution in [0.5, 0.6) is 0 Å². The number of nitrogens with one attached hydrogen (secondary N) is 2. The first kappa shape index (κ1) is 18.9. The number of alkyl halides is 3. The normalized spacial score (nSPS) is 11.9. The lowest BCUT2D eigenvalue weighted by molar-refractivity contribution is -0.137. The number of carbonyl (C=O) groups excluding carboxylic acids is 1. The summed E-state index contributed by atoms with van der Waals surface area (Å²) in [6.07, 6.45) is -3.47. The molecule has 9 heteroatoms. The Hall–Kier alpha value is -3.49. The van der Waals surface area contributed by atoms with Gasteiger partial charge in [-0.25, -0.2) is 13.8 Å². The summed E-state index contributed by atoms with van der Waals surface area (Å²) in [6, 6.07) is 6.74. The smallest absolute Gasteiger partial charge is 0.358 e. The summed E-state index contributed by atoms with van der Waals surface area (Å²) in [5.74, 6) is -2.18. The van der Waals surface area contributed by atoms with Gasteiger partial charge in [0.05, 0.1) is 11.3 Å². The first-order chi connectivity index (χ1) is 13.7. The Kier molecular flexibility index (Phi) is 4.25. The molecule has 0 aliphatic carbocycles. The molecule has 148 valence electrons. The van der Waals surface area contributed by atoms with Crippen molar-refractivity contribution >= 4 is 16.8 Å². The fourth-order valence-electron chi connectivity index (χ4n) is 3.10. The fraction of sp³-hybridized carbons (Fsp3) is 0.100. The van der Waals surface area contributed by atoms with Crippen molar-refractivity contribution < 1.29 is 26.7 Å². The van der Waals surface area contributed by atoms with E-state index < -0.39 is 34.7 Å². The van der Waals surface area contributed by atoms with Gasteiger partial charge in [0, 0.05) is 17.3 Å². The lowest BCUT2D eigenvalue weighted by Gasteiger charge is -2.10. The second-order valence-electron chi connectivity index (χ2n) is 6.47. The average molecular weight is 405 g/mol. The molecule has 0 spiro atoms. The molecule has 2 aromatic carbocycles. The minimum atomic E-state index is -4.68. The van der Waals surface area contributed by atoms with Crippen LogP contribution in [0, 0.1) is 18.6 Å². The number of hydrogen-bond donors (Lipinski definition) is 2. The largest absolute Gasteiger partial charge is 0.417 e. The number of aryl methyl sites for hydroxylation is 1. The van der Waals surface area contributed by atoms with E-state index in [-0.39, 0.29) is 33.7 Å². The molecule has 0 radical (unpaired) electrons. The molecule has 4 nitrogen and oxygen atoms in total. The van der Waals surface area contributed by atoms with Crippen LogP contribution in [0.2, 0.25) is 0 Å². The van der Waals surface area contributed by atoms with E-state index in [1.807, 2.05) is 0 Å². The Morgan fingerprint density at radius 2 is 1.83 bits per heavy atom. The molecule has 29 heavy (non-hydrogen) atoms. The van der Waals surface area contributed by atoms with E-state index in [0.29, 0.717) is 0 Å². The molecular formula is C20H12F5N3O. The summed E-state index contributed by atoms with van der Waals surface area (Å²) >= 11 is 0. The van der Waals surface area contributed by atoms with Gasteiger partial charge in [-0.1, -0.05) is 18.2 Å². The van der Waals surface area contributed by atoms with Gasteiger partial charge in [0.15, 0.2) is 23.2 Å². The highest BCUT2D eigenvalue weighted by molar-refractivity contribution is 6.10. The maximum atomic E-state index is 14.2. The zero-order chi connectivity index (χ0) is 20.9. The number of ketones is 1. The van der Waals surface area contributed by atoms with Crippen LogP contribution in [0.1, 0.15) is 27.0 Å². The van der Waals surface area contributed by atoms with E-state index in [1.165, 1.54) is 31.3 Å². The molecule has 0 unspecified atom stereocenters. The number of rotatable bonds is 3. The number of carbonyl (C=O) groups is 1. The third-order valence-corrected chi connectivity index (χ3v) is 4.52. The summed E-state index contributed by atoms with van der Waals surface area (Å²) in [5.41, 5.74) is -1.65. The highest BCUT2D eigenvalue weighted by Crippen LogP contribution is 2.33. The Bertz CT molecular complexity index is 1250. The standard InChI is InChI=1S/C20H12F5N3O/c1-9-6-13(21)16-17(15(9)22)28-19(27-16)14-7-10(8-26-14)18(29)11-4-2-3-5-12(11)20(23,24)25/h2-8,26H,1H3,(H,27,28). The molecule has 0 aliphatic heterocycles. The van der Waals surface area contributed by atoms with Crippen molar-refractivity contribution in [3.05, 3.63) is 76.5 Å². The van der Waals surface area contributed by atoms with Gasteiger partial charge in [-0.3, -0.25) is 4.79 Å². The minimum Gasteiger partial charge on any atom is -0.358 e. The van der Waals surface area contributed by atoms with Crippen molar-refractivity contribution in [2.24, 2.45) is 0 Å². The SMILES string of the molecule is Cc1cc(F)c2nc(-c3cc(C(=O)c4ccccc4C(F)(F)F)c[nH]3)[nH]c2c1F. The Labute approximate surface area is 160 Å². The zero-order valence-corrected chi connectivity index (χ0v) is 14.8. The number of benzene rings is 2. The Balaban J connectivity index is 1.75. The van der Waals surface area contributed by atoms with E-state index in [9.17, 15) is 26.7 Å². The van der Waals surface area contributed by atoms with Crippen LogP contribution >= 0.6 is 0 Å². The van der Waals surface area contributed by atoms with Gasteiger partial charge in [0.1, 0.15) is 11.0 Å². The van der Waals surface area contributed by atoms with Gasteiger partial charge in [-0.15, -0.1) is 0 Å².